The molecule has 150 valence electrons. The molecule has 0 aliphatic carbocycles. The van der Waals surface area contributed by atoms with Crippen molar-refractivity contribution in [2.45, 2.75) is 32.6 Å². The average molecular weight is 407 g/mol. The van der Waals surface area contributed by atoms with Crippen LogP contribution in [0, 0.1) is 12.7 Å². The zero-order valence-electron chi connectivity index (χ0n) is 15.3. The van der Waals surface area contributed by atoms with E-state index in [0.717, 1.165) is 16.8 Å². The highest BCUT2D eigenvalue weighted by molar-refractivity contribution is 6.30. The lowest BCUT2D eigenvalue weighted by Gasteiger charge is -2.18. The van der Waals surface area contributed by atoms with Crippen molar-refractivity contribution in [3.63, 3.8) is 0 Å². The molecule has 1 N–H and O–H groups in total. The molecule has 0 aliphatic rings. The molecular formula is C18H23ClF4N4. The lowest BCUT2D eigenvalue weighted by molar-refractivity contribution is -0.143. The van der Waals surface area contributed by atoms with Crippen molar-refractivity contribution in [1.82, 2.24) is 20.0 Å². The summed E-state index contributed by atoms with van der Waals surface area (Å²) in [6.07, 6.45) is -3.58. The fraction of sp³-hybridized carbons (Fsp3) is 0.500. The van der Waals surface area contributed by atoms with E-state index < -0.39 is 12.7 Å². The van der Waals surface area contributed by atoms with E-state index in [1.807, 2.05) is 6.92 Å². The molecule has 0 amide bonds. The van der Waals surface area contributed by atoms with Gasteiger partial charge >= 0.3 is 6.18 Å². The number of nitrogens with zero attached hydrogens (tertiary/aromatic N) is 3. The number of alkyl halides is 3. The zero-order chi connectivity index (χ0) is 20.0. The summed E-state index contributed by atoms with van der Waals surface area (Å²) in [5.74, 6) is -0.299. The van der Waals surface area contributed by atoms with Crippen LogP contribution in [0.2, 0.25) is 5.15 Å². The van der Waals surface area contributed by atoms with Crippen LogP contribution in [-0.2, 0) is 13.1 Å². The van der Waals surface area contributed by atoms with Gasteiger partial charge in [0.2, 0.25) is 0 Å². The van der Waals surface area contributed by atoms with Crippen LogP contribution >= 0.6 is 11.6 Å². The summed E-state index contributed by atoms with van der Waals surface area (Å²) in [5, 5.41) is 8.10. The summed E-state index contributed by atoms with van der Waals surface area (Å²) in [5.41, 5.74) is 2.51. The van der Waals surface area contributed by atoms with Crippen LogP contribution in [0.3, 0.4) is 0 Å². The van der Waals surface area contributed by atoms with Gasteiger partial charge in [-0.3, -0.25) is 4.90 Å². The Balaban J connectivity index is 1.81. The number of hydrogen-bond donors (Lipinski definition) is 1. The van der Waals surface area contributed by atoms with Gasteiger partial charge in [0.15, 0.2) is 0 Å². The second kappa shape index (κ2) is 9.52. The maximum absolute atomic E-state index is 13.0. The van der Waals surface area contributed by atoms with Crippen LogP contribution in [0.15, 0.2) is 24.3 Å². The molecule has 0 fully saturated rings. The number of aryl methyl sites for hydroxylation is 1. The topological polar surface area (TPSA) is 33.1 Å². The summed E-state index contributed by atoms with van der Waals surface area (Å²) in [6, 6.07) is 6.13. The highest BCUT2D eigenvalue weighted by Crippen LogP contribution is 2.21. The van der Waals surface area contributed by atoms with Crippen LogP contribution in [0.1, 0.15) is 23.2 Å². The lowest BCUT2D eigenvalue weighted by atomic mass is 10.2. The van der Waals surface area contributed by atoms with E-state index in [2.05, 4.69) is 10.4 Å². The minimum Gasteiger partial charge on any atom is -0.312 e. The van der Waals surface area contributed by atoms with E-state index in [9.17, 15) is 17.6 Å². The Morgan fingerprint density at radius 1 is 1.22 bits per heavy atom. The number of halogens is 5. The Labute approximate surface area is 161 Å². The second-order valence-electron chi connectivity index (χ2n) is 6.52. The molecule has 4 nitrogen and oxygen atoms in total. The SMILES string of the molecule is Cc1nn(Cc2ccc(F)cc2)c(Cl)c1CNCCCN(C)CC(F)(F)F. The molecule has 0 spiro atoms. The highest BCUT2D eigenvalue weighted by Gasteiger charge is 2.28. The first-order valence-corrected chi connectivity index (χ1v) is 8.96. The number of nitrogens with one attached hydrogen (secondary N) is 1. The van der Waals surface area contributed by atoms with Gasteiger partial charge in [-0.25, -0.2) is 9.07 Å². The third kappa shape index (κ3) is 7.12. The summed E-state index contributed by atoms with van der Waals surface area (Å²) in [7, 11) is 1.45. The van der Waals surface area contributed by atoms with Gasteiger partial charge in [0, 0.05) is 12.1 Å². The van der Waals surface area contributed by atoms with E-state index in [0.29, 0.717) is 37.8 Å². The minimum atomic E-state index is -4.17. The largest absolute Gasteiger partial charge is 0.401 e. The van der Waals surface area contributed by atoms with Crippen molar-refractivity contribution >= 4 is 11.6 Å². The maximum Gasteiger partial charge on any atom is 0.401 e. The first kappa shape index (κ1) is 21.7. The van der Waals surface area contributed by atoms with Gasteiger partial charge < -0.3 is 5.32 Å². The van der Waals surface area contributed by atoms with Crippen molar-refractivity contribution in [3.8, 4) is 0 Å². The Bertz CT molecular complexity index is 728. The Morgan fingerprint density at radius 3 is 2.52 bits per heavy atom. The van der Waals surface area contributed by atoms with E-state index in [-0.39, 0.29) is 5.82 Å². The molecule has 2 rings (SSSR count). The molecule has 0 unspecified atom stereocenters. The Hall–Kier alpha value is -1.64. The number of rotatable bonds is 9. The molecule has 0 saturated heterocycles. The van der Waals surface area contributed by atoms with Crippen LogP contribution in [0.5, 0.6) is 0 Å². The molecule has 9 heteroatoms. The number of hydrogen-bond acceptors (Lipinski definition) is 3. The van der Waals surface area contributed by atoms with Gasteiger partial charge in [-0.15, -0.1) is 0 Å². The normalized spacial score (nSPS) is 12.1. The van der Waals surface area contributed by atoms with Gasteiger partial charge in [-0.1, -0.05) is 23.7 Å². The molecule has 0 aliphatic heterocycles. The summed E-state index contributed by atoms with van der Waals surface area (Å²) < 4.78 is 51.5. The zero-order valence-corrected chi connectivity index (χ0v) is 16.0. The minimum absolute atomic E-state index is 0.299. The molecule has 0 radical (unpaired) electrons. The third-order valence-electron chi connectivity index (χ3n) is 4.07. The second-order valence-corrected chi connectivity index (χ2v) is 6.88. The number of benzene rings is 1. The molecule has 2 aromatic rings. The van der Waals surface area contributed by atoms with Crippen LogP contribution in [0.4, 0.5) is 17.6 Å². The van der Waals surface area contributed by atoms with Crippen molar-refractivity contribution < 1.29 is 17.6 Å². The van der Waals surface area contributed by atoms with E-state index in [1.165, 1.54) is 24.1 Å². The van der Waals surface area contributed by atoms with E-state index in [1.54, 1.807) is 16.8 Å². The van der Waals surface area contributed by atoms with E-state index in [4.69, 9.17) is 11.6 Å². The molecular weight excluding hydrogens is 384 g/mol. The van der Waals surface area contributed by atoms with E-state index >= 15 is 0 Å². The monoisotopic (exact) mass is 406 g/mol. The first-order chi connectivity index (χ1) is 12.7. The lowest BCUT2D eigenvalue weighted by Crippen LogP contribution is -2.32. The van der Waals surface area contributed by atoms with Crippen LogP contribution in [-0.4, -0.2) is 47.5 Å². The predicted octanol–water partition coefficient (Wildman–Crippen LogP) is 4.01. The van der Waals surface area contributed by atoms with Gasteiger partial charge in [-0.05, 0) is 51.2 Å². The maximum atomic E-state index is 13.0. The van der Waals surface area contributed by atoms with Crippen LogP contribution < -0.4 is 5.32 Å². The summed E-state index contributed by atoms with van der Waals surface area (Å²) in [4.78, 5) is 1.25. The molecule has 0 bridgehead atoms. The third-order valence-corrected chi connectivity index (χ3v) is 4.50. The summed E-state index contributed by atoms with van der Waals surface area (Å²) in [6.45, 7) is 2.78. The number of aromatic nitrogens is 2. The molecule has 1 heterocycles. The molecule has 0 atom stereocenters. The molecule has 0 saturated carbocycles. The smallest absolute Gasteiger partial charge is 0.312 e. The molecule has 1 aromatic heterocycles. The average Bonchev–Trinajstić information content (AvgIpc) is 2.82. The summed E-state index contributed by atoms with van der Waals surface area (Å²) >= 11 is 6.40. The quantitative estimate of drug-likeness (QED) is 0.504. The van der Waals surface area contributed by atoms with Crippen molar-refractivity contribution in [2.24, 2.45) is 0 Å². The standard InChI is InChI=1S/C18H23ClF4N4/c1-13-16(10-24-8-3-9-26(2)12-18(21,22)23)17(19)27(25-13)11-14-4-6-15(20)7-5-14/h4-7,24H,3,8-12H2,1-2H3. The fourth-order valence-corrected chi connectivity index (χ4v) is 3.03. The molecule has 1 aromatic carbocycles. The van der Waals surface area contributed by atoms with Crippen LogP contribution in [0.25, 0.3) is 0 Å². The van der Waals surface area contributed by atoms with Crippen molar-refractivity contribution in [3.05, 3.63) is 52.1 Å². The molecule has 27 heavy (non-hydrogen) atoms. The van der Waals surface area contributed by atoms with Crippen molar-refractivity contribution in [2.75, 3.05) is 26.7 Å². The van der Waals surface area contributed by atoms with Gasteiger partial charge in [0.25, 0.3) is 0 Å². The Morgan fingerprint density at radius 2 is 1.89 bits per heavy atom. The Kier molecular flexibility index (Phi) is 7.64. The fourth-order valence-electron chi connectivity index (χ4n) is 2.73. The highest BCUT2D eigenvalue weighted by atomic mass is 35.5. The first-order valence-electron chi connectivity index (χ1n) is 8.58. The van der Waals surface area contributed by atoms with Gasteiger partial charge in [0.1, 0.15) is 11.0 Å². The van der Waals surface area contributed by atoms with Gasteiger partial charge in [-0.2, -0.15) is 18.3 Å². The van der Waals surface area contributed by atoms with Gasteiger partial charge in [0.05, 0.1) is 18.8 Å². The predicted molar refractivity (Wildman–Crippen MR) is 97.4 cm³/mol. The van der Waals surface area contributed by atoms with Crippen molar-refractivity contribution in [1.29, 1.82) is 0 Å².